The van der Waals surface area contributed by atoms with E-state index in [1.807, 2.05) is 13.0 Å². The van der Waals surface area contributed by atoms with Crippen molar-refractivity contribution in [2.24, 2.45) is 5.10 Å². The highest BCUT2D eigenvalue weighted by molar-refractivity contribution is 14.1. The summed E-state index contributed by atoms with van der Waals surface area (Å²) in [6, 6.07) is 17.1. The Bertz CT molecular complexity index is 1210. The SMILES string of the molecule is CCOc1cc(/C=N/NC(=O)c2ccccc2)cc(I)c1OCC(=O)Nc1ccc(Cl)c(Cl)c1. The molecule has 0 atom stereocenters. The van der Waals surface area contributed by atoms with Crippen LogP contribution in [0.2, 0.25) is 10.0 Å². The van der Waals surface area contributed by atoms with Crippen molar-refractivity contribution in [3.05, 3.63) is 85.4 Å². The quantitative estimate of drug-likeness (QED) is 0.182. The van der Waals surface area contributed by atoms with Crippen molar-refractivity contribution in [3.8, 4) is 11.5 Å². The summed E-state index contributed by atoms with van der Waals surface area (Å²) < 4.78 is 12.1. The highest BCUT2D eigenvalue weighted by Crippen LogP contribution is 2.34. The van der Waals surface area contributed by atoms with Crippen LogP contribution in [0.4, 0.5) is 5.69 Å². The maximum atomic E-state index is 12.3. The zero-order chi connectivity index (χ0) is 24.5. The van der Waals surface area contributed by atoms with Gasteiger partial charge in [-0.2, -0.15) is 5.10 Å². The number of carbonyl (C=O) groups is 2. The lowest BCUT2D eigenvalue weighted by Gasteiger charge is -2.14. The van der Waals surface area contributed by atoms with Gasteiger partial charge in [-0.1, -0.05) is 41.4 Å². The highest BCUT2D eigenvalue weighted by atomic mass is 127. The fourth-order valence-corrected chi connectivity index (χ4v) is 3.87. The van der Waals surface area contributed by atoms with E-state index in [9.17, 15) is 9.59 Å². The third kappa shape index (κ3) is 7.34. The molecule has 7 nitrogen and oxygen atoms in total. The van der Waals surface area contributed by atoms with Gasteiger partial charge in [-0.15, -0.1) is 0 Å². The van der Waals surface area contributed by atoms with Crippen LogP contribution in [0.5, 0.6) is 11.5 Å². The number of carbonyl (C=O) groups excluding carboxylic acids is 2. The van der Waals surface area contributed by atoms with E-state index >= 15 is 0 Å². The van der Waals surface area contributed by atoms with Gasteiger partial charge in [-0.3, -0.25) is 9.59 Å². The number of amides is 2. The number of hydrazone groups is 1. The minimum atomic E-state index is -0.370. The summed E-state index contributed by atoms with van der Waals surface area (Å²) in [6.45, 7) is 2.00. The predicted molar refractivity (Wildman–Crippen MR) is 142 cm³/mol. The summed E-state index contributed by atoms with van der Waals surface area (Å²) in [5.74, 6) is 0.195. The molecule has 0 aliphatic rings. The van der Waals surface area contributed by atoms with Crippen LogP contribution in [-0.4, -0.2) is 31.2 Å². The molecular formula is C24H20Cl2IN3O4. The van der Waals surface area contributed by atoms with Gasteiger partial charge in [0.15, 0.2) is 18.1 Å². The van der Waals surface area contributed by atoms with Crippen molar-refractivity contribution in [1.82, 2.24) is 5.43 Å². The molecule has 0 saturated carbocycles. The Balaban J connectivity index is 1.66. The summed E-state index contributed by atoms with van der Waals surface area (Å²) in [5, 5.41) is 7.46. The summed E-state index contributed by atoms with van der Waals surface area (Å²) in [7, 11) is 0. The maximum Gasteiger partial charge on any atom is 0.271 e. The van der Waals surface area contributed by atoms with Crippen LogP contribution in [-0.2, 0) is 4.79 Å². The Morgan fingerprint density at radius 2 is 1.79 bits per heavy atom. The number of hydrogen-bond donors (Lipinski definition) is 2. The van der Waals surface area contributed by atoms with Gasteiger partial charge >= 0.3 is 0 Å². The van der Waals surface area contributed by atoms with Gasteiger partial charge in [0.2, 0.25) is 0 Å². The molecule has 34 heavy (non-hydrogen) atoms. The first-order valence-corrected chi connectivity index (χ1v) is 11.9. The molecule has 0 saturated heterocycles. The Kier molecular flexibility index (Phi) is 9.55. The summed E-state index contributed by atoms with van der Waals surface area (Å²) >= 11 is 14.0. The highest BCUT2D eigenvalue weighted by Gasteiger charge is 2.14. The molecule has 176 valence electrons. The smallest absolute Gasteiger partial charge is 0.271 e. The molecule has 0 heterocycles. The van der Waals surface area contributed by atoms with E-state index in [1.54, 1.807) is 54.6 Å². The van der Waals surface area contributed by atoms with Crippen molar-refractivity contribution in [2.45, 2.75) is 6.92 Å². The lowest BCUT2D eigenvalue weighted by molar-refractivity contribution is -0.118. The first-order valence-electron chi connectivity index (χ1n) is 10.1. The van der Waals surface area contributed by atoms with Crippen molar-refractivity contribution >= 4 is 69.5 Å². The zero-order valence-corrected chi connectivity index (χ0v) is 21.6. The van der Waals surface area contributed by atoms with Crippen LogP contribution < -0.4 is 20.2 Å². The molecule has 3 rings (SSSR count). The summed E-state index contributed by atoms with van der Waals surface area (Å²) in [6.07, 6.45) is 1.51. The number of hydrogen-bond acceptors (Lipinski definition) is 5. The van der Waals surface area contributed by atoms with Gasteiger partial charge in [0, 0.05) is 11.3 Å². The van der Waals surface area contributed by atoms with Gasteiger partial charge in [0.1, 0.15) is 0 Å². The van der Waals surface area contributed by atoms with Gasteiger partial charge in [0.25, 0.3) is 11.8 Å². The van der Waals surface area contributed by atoms with Crippen molar-refractivity contribution in [1.29, 1.82) is 0 Å². The van der Waals surface area contributed by atoms with Crippen LogP contribution in [0.15, 0.2) is 65.8 Å². The second-order valence-corrected chi connectivity index (χ2v) is 8.77. The molecule has 3 aromatic rings. The van der Waals surface area contributed by atoms with Crippen LogP contribution >= 0.6 is 45.8 Å². The lowest BCUT2D eigenvalue weighted by atomic mass is 10.2. The number of anilines is 1. The third-order valence-corrected chi connectivity index (χ3v) is 5.84. The number of nitrogens with one attached hydrogen (secondary N) is 2. The van der Waals surface area contributed by atoms with Gasteiger partial charge in [0.05, 0.1) is 26.4 Å². The summed E-state index contributed by atoms with van der Waals surface area (Å²) in [4.78, 5) is 24.5. The van der Waals surface area contributed by atoms with Crippen LogP contribution in [0.3, 0.4) is 0 Å². The minimum absolute atomic E-state index is 0.239. The van der Waals surface area contributed by atoms with Crippen molar-refractivity contribution < 1.29 is 19.1 Å². The largest absolute Gasteiger partial charge is 0.490 e. The number of ether oxygens (including phenoxy) is 2. The van der Waals surface area contributed by atoms with Gasteiger partial charge < -0.3 is 14.8 Å². The molecule has 0 aliphatic carbocycles. The van der Waals surface area contributed by atoms with E-state index in [0.29, 0.717) is 48.5 Å². The topological polar surface area (TPSA) is 89.0 Å². The third-order valence-electron chi connectivity index (χ3n) is 4.30. The van der Waals surface area contributed by atoms with Crippen LogP contribution in [0.25, 0.3) is 0 Å². The first kappa shape index (κ1) is 25.8. The molecule has 0 radical (unpaired) electrons. The minimum Gasteiger partial charge on any atom is -0.490 e. The van der Waals surface area contributed by atoms with Crippen molar-refractivity contribution in [2.75, 3.05) is 18.5 Å². The molecule has 0 spiro atoms. The van der Waals surface area contributed by atoms with E-state index in [-0.39, 0.29) is 18.4 Å². The Hall–Kier alpha value is -2.82. The average molecular weight is 612 g/mol. The normalized spacial score (nSPS) is 10.7. The standard InChI is InChI=1S/C24H20Cl2IN3O4/c1-2-33-21-11-15(13-28-30-24(32)16-6-4-3-5-7-16)10-20(27)23(21)34-14-22(31)29-17-8-9-18(25)19(26)12-17/h3-13H,2,14H2,1H3,(H,29,31)(H,30,32)/b28-13+. The maximum absolute atomic E-state index is 12.3. The van der Waals surface area contributed by atoms with Crippen LogP contribution in [0, 0.1) is 3.57 Å². The lowest BCUT2D eigenvalue weighted by Crippen LogP contribution is -2.20. The molecule has 0 fully saturated rings. The monoisotopic (exact) mass is 611 g/mol. The first-order chi connectivity index (χ1) is 16.4. The van der Waals surface area contributed by atoms with E-state index in [1.165, 1.54) is 6.21 Å². The molecule has 0 unspecified atom stereocenters. The van der Waals surface area contributed by atoms with E-state index in [4.69, 9.17) is 32.7 Å². The van der Waals surface area contributed by atoms with Gasteiger partial charge in [-0.05, 0) is 77.5 Å². The van der Waals surface area contributed by atoms with E-state index < -0.39 is 0 Å². The Labute approximate surface area is 220 Å². The molecule has 0 bridgehead atoms. The van der Waals surface area contributed by atoms with E-state index in [0.717, 1.165) is 0 Å². The Morgan fingerprint density at radius 3 is 2.50 bits per heavy atom. The fraction of sp³-hybridized carbons (Fsp3) is 0.125. The van der Waals surface area contributed by atoms with E-state index in [2.05, 4.69) is 38.4 Å². The summed E-state index contributed by atoms with van der Waals surface area (Å²) in [5.41, 5.74) is 4.19. The number of nitrogens with zero attached hydrogens (tertiary/aromatic N) is 1. The van der Waals surface area contributed by atoms with Crippen molar-refractivity contribution in [3.63, 3.8) is 0 Å². The molecule has 0 aliphatic heterocycles. The molecule has 10 heteroatoms. The number of benzene rings is 3. The van der Waals surface area contributed by atoms with Crippen LogP contribution in [0.1, 0.15) is 22.8 Å². The van der Waals surface area contributed by atoms with Gasteiger partial charge in [-0.25, -0.2) is 5.43 Å². The fourth-order valence-electron chi connectivity index (χ4n) is 2.79. The molecule has 0 aromatic heterocycles. The molecular weight excluding hydrogens is 592 g/mol. The molecule has 2 N–H and O–H groups in total. The second kappa shape index (κ2) is 12.6. The molecule has 3 aromatic carbocycles. The number of halogens is 3. The molecule has 2 amide bonds. The second-order valence-electron chi connectivity index (χ2n) is 6.79. The predicted octanol–water partition coefficient (Wildman–Crippen LogP) is 5.78. The zero-order valence-electron chi connectivity index (χ0n) is 18.0. The average Bonchev–Trinajstić information content (AvgIpc) is 2.81. The Morgan fingerprint density at radius 1 is 1.03 bits per heavy atom. The number of rotatable bonds is 9.